The second kappa shape index (κ2) is 5.79. The van der Waals surface area contributed by atoms with Crippen LogP contribution in [-0.4, -0.2) is 43.0 Å². The summed E-state index contributed by atoms with van der Waals surface area (Å²) in [6, 6.07) is 6.82. The van der Waals surface area contributed by atoms with Gasteiger partial charge in [-0.05, 0) is 40.7 Å². The smallest absolute Gasteiger partial charge is 0.137 e. The molecule has 1 fully saturated rings. The maximum atomic E-state index is 13.5. The van der Waals surface area contributed by atoms with Crippen molar-refractivity contribution < 1.29 is 4.39 Å². The lowest BCUT2D eigenvalue weighted by atomic mass is 10.1. The van der Waals surface area contributed by atoms with Gasteiger partial charge in [0.25, 0.3) is 0 Å². The highest BCUT2D eigenvalue weighted by Crippen LogP contribution is 2.25. The molecule has 1 aromatic rings. The number of hydrogen-bond acceptors (Lipinski definition) is 3. The molecule has 5 heteroatoms. The fourth-order valence-electron chi connectivity index (χ4n) is 2.13. The van der Waals surface area contributed by atoms with E-state index < -0.39 is 0 Å². The molecule has 1 aliphatic rings. The average Bonchev–Trinajstić information content (AvgIpc) is 2.37. The van der Waals surface area contributed by atoms with Crippen LogP contribution in [-0.2, 0) is 0 Å². The lowest BCUT2D eigenvalue weighted by molar-refractivity contribution is 0.132. The van der Waals surface area contributed by atoms with Gasteiger partial charge in [-0.15, -0.1) is 0 Å². The molecule has 0 N–H and O–H groups in total. The minimum Gasteiger partial charge on any atom is -0.304 e. The van der Waals surface area contributed by atoms with E-state index in [1.165, 1.54) is 6.07 Å². The van der Waals surface area contributed by atoms with Gasteiger partial charge in [-0.3, -0.25) is 4.90 Å². The zero-order valence-corrected chi connectivity index (χ0v) is 11.8. The maximum Gasteiger partial charge on any atom is 0.137 e. The van der Waals surface area contributed by atoms with E-state index in [0.717, 1.165) is 31.7 Å². The van der Waals surface area contributed by atoms with Crippen molar-refractivity contribution in [2.45, 2.75) is 6.04 Å². The van der Waals surface area contributed by atoms with Crippen molar-refractivity contribution in [2.24, 2.45) is 0 Å². The number of benzene rings is 1. The predicted octanol–water partition coefficient (Wildman–Crippen LogP) is 2.40. The Morgan fingerprint density at radius 2 is 2.00 bits per heavy atom. The highest BCUT2D eigenvalue weighted by molar-refractivity contribution is 9.10. The Balaban J connectivity index is 2.18. The SMILES string of the molecule is CN1CCN(C(C#N)c2ccc(Br)c(F)c2)CC1. The second-order valence-electron chi connectivity index (χ2n) is 4.54. The Labute approximate surface area is 115 Å². The quantitative estimate of drug-likeness (QED) is 0.840. The van der Waals surface area contributed by atoms with Crippen LogP contribution >= 0.6 is 15.9 Å². The van der Waals surface area contributed by atoms with E-state index in [1.807, 2.05) is 0 Å². The van der Waals surface area contributed by atoms with Gasteiger partial charge in [0.15, 0.2) is 0 Å². The third-order valence-electron chi connectivity index (χ3n) is 3.28. The van der Waals surface area contributed by atoms with Gasteiger partial charge in [0.1, 0.15) is 11.9 Å². The second-order valence-corrected chi connectivity index (χ2v) is 5.40. The largest absolute Gasteiger partial charge is 0.304 e. The molecule has 0 bridgehead atoms. The minimum atomic E-state index is -0.360. The predicted molar refractivity (Wildman–Crippen MR) is 71.5 cm³/mol. The monoisotopic (exact) mass is 311 g/mol. The number of rotatable bonds is 2. The molecule has 1 unspecified atom stereocenters. The summed E-state index contributed by atoms with van der Waals surface area (Å²) in [7, 11) is 2.07. The molecule has 0 aromatic heterocycles. The summed E-state index contributed by atoms with van der Waals surface area (Å²) in [5, 5.41) is 9.32. The van der Waals surface area contributed by atoms with E-state index in [0.29, 0.717) is 4.47 Å². The Morgan fingerprint density at radius 3 is 2.56 bits per heavy atom. The Kier molecular flexibility index (Phi) is 4.33. The molecule has 96 valence electrons. The molecular formula is C13H15BrFN3. The van der Waals surface area contributed by atoms with Crippen LogP contribution in [0.15, 0.2) is 22.7 Å². The van der Waals surface area contributed by atoms with Gasteiger partial charge in [0, 0.05) is 26.2 Å². The molecule has 0 spiro atoms. The number of nitriles is 1. The molecule has 0 amide bonds. The highest BCUT2D eigenvalue weighted by Gasteiger charge is 2.24. The van der Waals surface area contributed by atoms with Crippen LogP contribution in [0, 0.1) is 17.1 Å². The van der Waals surface area contributed by atoms with Crippen LogP contribution in [0.4, 0.5) is 4.39 Å². The molecule has 1 aliphatic heterocycles. The fraction of sp³-hybridized carbons (Fsp3) is 0.462. The van der Waals surface area contributed by atoms with Crippen molar-refractivity contribution >= 4 is 15.9 Å². The van der Waals surface area contributed by atoms with E-state index in [-0.39, 0.29) is 11.9 Å². The molecule has 0 radical (unpaired) electrons. The minimum absolute atomic E-state index is 0.318. The first-order valence-corrected chi connectivity index (χ1v) is 6.68. The summed E-state index contributed by atoms with van der Waals surface area (Å²) in [6.45, 7) is 3.56. The van der Waals surface area contributed by atoms with E-state index in [1.54, 1.807) is 12.1 Å². The number of halogens is 2. The number of nitrogens with zero attached hydrogens (tertiary/aromatic N) is 3. The Morgan fingerprint density at radius 1 is 1.33 bits per heavy atom. The van der Waals surface area contributed by atoms with Crippen molar-refractivity contribution in [3.05, 3.63) is 34.1 Å². The van der Waals surface area contributed by atoms with Crippen LogP contribution in [0.3, 0.4) is 0 Å². The molecule has 1 heterocycles. The molecule has 0 saturated carbocycles. The van der Waals surface area contributed by atoms with Crippen molar-refractivity contribution in [3.63, 3.8) is 0 Å². The first kappa shape index (κ1) is 13.5. The summed E-state index contributed by atoms with van der Waals surface area (Å²) >= 11 is 3.13. The Hall–Kier alpha value is -0.960. The number of piperazine rings is 1. The Bertz CT molecular complexity index is 464. The van der Waals surface area contributed by atoms with Crippen molar-refractivity contribution in [1.82, 2.24) is 9.80 Å². The third kappa shape index (κ3) is 2.89. The summed E-state index contributed by atoms with van der Waals surface area (Å²) in [6.07, 6.45) is 0. The molecular weight excluding hydrogens is 297 g/mol. The van der Waals surface area contributed by atoms with Gasteiger partial charge in [0.2, 0.25) is 0 Å². The molecule has 0 aliphatic carbocycles. The van der Waals surface area contributed by atoms with Gasteiger partial charge < -0.3 is 4.90 Å². The van der Waals surface area contributed by atoms with E-state index >= 15 is 0 Å². The standard InChI is InChI=1S/C13H15BrFN3/c1-17-4-6-18(7-5-17)13(9-16)10-2-3-11(14)12(15)8-10/h2-3,8,13H,4-7H2,1H3. The summed E-state index contributed by atoms with van der Waals surface area (Å²) < 4.78 is 14.0. The maximum absolute atomic E-state index is 13.5. The molecule has 1 aromatic carbocycles. The average molecular weight is 312 g/mol. The molecule has 1 atom stereocenters. The van der Waals surface area contributed by atoms with Crippen molar-refractivity contribution in [1.29, 1.82) is 5.26 Å². The number of likely N-dealkylation sites (N-methyl/N-ethyl adjacent to an activating group) is 1. The third-order valence-corrected chi connectivity index (χ3v) is 3.93. The summed E-state index contributed by atoms with van der Waals surface area (Å²) in [5.74, 6) is -0.318. The van der Waals surface area contributed by atoms with E-state index in [9.17, 15) is 9.65 Å². The van der Waals surface area contributed by atoms with Crippen molar-refractivity contribution in [2.75, 3.05) is 33.2 Å². The van der Waals surface area contributed by atoms with Gasteiger partial charge in [-0.25, -0.2) is 4.39 Å². The zero-order valence-electron chi connectivity index (χ0n) is 10.2. The van der Waals surface area contributed by atoms with Gasteiger partial charge in [0.05, 0.1) is 10.5 Å². The summed E-state index contributed by atoms with van der Waals surface area (Å²) in [5.41, 5.74) is 0.725. The van der Waals surface area contributed by atoms with Crippen LogP contribution in [0.25, 0.3) is 0 Å². The molecule has 1 saturated heterocycles. The fourth-order valence-corrected chi connectivity index (χ4v) is 2.38. The van der Waals surface area contributed by atoms with Gasteiger partial charge >= 0.3 is 0 Å². The topological polar surface area (TPSA) is 30.3 Å². The highest BCUT2D eigenvalue weighted by atomic mass is 79.9. The van der Waals surface area contributed by atoms with Crippen LogP contribution in [0.5, 0.6) is 0 Å². The van der Waals surface area contributed by atoms with E-state index in [2.05, 4.69) is 38.8 Å². The molecule has 2 rings (SSSR count). The van der Waals surface area contributed by atoms with Crippen LogP contribution < -0.4 is 0 Å². The lowest BCUT2D eigenvalue weighted by Crippen LogP contribution is -2.45. The summed E-state index contributed by atoms with van der Waals surface area (Å²) in [4.78, 5) is 4.33. The van der Waals surface area contributed by atoms with Crippen LogP contribution in [0.2, 0.25) is 0 Å². The molecule has 3 nitrogen and oxygen atoms in total. The first-order chi connectivity index (χ1) is 8.61. The first-order valence-electron chi connectivity index (χ1n) is 5.89. The van der Waals surface area contributed by atoms with Crippen LogP contribution in [0.1, 0.15) is 11.6 Å². The zero-order chi connectivity index (χ0) is 13.1. The van der Waals surface area contributed by atoms with Gasteiger partial charge in [-0.1, -0.05) is 6.07 Å². The van der Waals surface area contributed by atoms with Crippen molar-refractivity contribution in [3.8, 4) is 6.07 Å². The molecule has 18 heavy (non-hydrogen) atoms. The lowest BCUT2D eigenvalue weighted by Gasteiger charge is -2.35. The number of hydrogen-bond donors (Lipinski definition) is 0. The van der Waals surface area contributed by atoms with Gasteiger partial charge in [-0.2, -0.15) is 5.26 Å². The normalized spacial score (nSPS) is 19.4. The van der Waals surface area contributed by atoms with E-state index in [4.69, 9.17) is 0 Å².